The number of carbonyl (C=O) groups excluding carboxylic acids is 2. The number of carbonyl (C=O) groups is 2. The molecule has 1 amide bonds. The number of hydrogen-bond donors (Lipinski definition) is 2. The van der Waals surface area contributed by atoms with Crippen molar-refractivity contribution >= 4 is 19.7 Å². The summed E-state index contributed by atoms with van der Waals surface area (Å²) in [5.74, 6) is -0.512. The van der Waals surface area contributed by atoms with Crippen LogP contribution in [0, 0.1) is 0 Å². The van der Waals surface area contributed by atoms with E-state index >= 15 is 0 Å². The molecule has 0 fully saturated rings. The first kappa shape index (κ1) is 65.5. The molecule has 10 heteroatoms. The summed E-state index contributed by atoms with van der Waals surface area (Å²) < 4.78 is 30.6. The summed E-state index contributed by atoms with van der Waals surface area (Å²) >= 11 is 0. The molecule has 0 aromatic rings. The van der Waals surface area contributed by atoms with E-state index in [1.807, 2.05) is 33.3 Å². The van der Waals surface area contributed by atoms with Gasteiger partial charge in [0.25, 0.3) is 0 Å². The largest absolute Gasteiger partial charge is 0.472 e. The Kier molecular flexibility index (Phi) is 47.0. The molecule has 396 valence electrons. The predicted molar refractivity (Wildman–Crippen MR) is 286 cm³/mol. The molecular formula is C57H112N2O7P+. The van der Waals surface area contributed by atoms with Crippen LogP contribution in [0.1, 0.15) is 278 Å². The highest BCUT2D eigenvalue weighted by Crippen LogP contribution is 2.43. The fourth-order valence-electron chi connectivity index (χ4n) is 8.41. The molecule has 3 unspecified atom stereocenters. The molecule has 67 heavy (non-hydrogen) atoms. The molecule has 2 N–H and O–H groups in total. The number of quaternary nitrogens is 1. The number of phosphoric ester groups is 1. The van der Waals surface area contributed by atoms with Crippen LogP contribution in [0.3, 0.4) is 0 Å². The lowest BCUT2D eigenvalue weighted by Gasteiger charge is -2.27. The molecule has 0 spiro atoms. The van der Waals surface area contributed by atoms with E-state index in [0.717, 1.165) is 70.6 Å². The Hall–Kier alpha value is -1.51. The summed E-state index contributed by atoms with van der Waals surface area (Å²) in [6.45, 7) is 7.01. The van der Waals surface area contributed by atoms with Crippen LogP contribution in [0.2, 0.25) is 0 Å². The first-order valence-corrected chi connectivity index (χ1v) is 30.2. The molecule has 0 heterocycles. The lowest BCUT2D eigenvalue weighted by molar-refractivity contribution is -0.870. The van der Waals surface area contributed by atoms with Crippen molar-refractivity contribution in [2.45, 2.75) is 290 Å². The van der Waals surface area contributed by atoms with Crippen LogP contribution < -0.4 is 5.32 Å². The molecule has 0 aromatic heterocycles. The van der Waals surface area contributed by atoms with Gasteiger partial charge < -0.3 is 19.4 Å². The molecule has 0 rings (SSSR count). The lowest BCUT2D eigenvalue weighted by Crippen LogP contribution is -2.47. The van der Waals surface area contributed by atoms with Gasteiger partial charge in [-0.1, -0.05) is 232 Å². The summed E-state index contributed by atoms with van der Waals surface area (Å²) in [7, 11) is 1.50. The normalized spacial score (nSPS) is 14.0. The number of phosphoric acid groups is 1. The van der Waals surface area contributed by atoms with Crippen LogP contribution >= 0.6 is 7.82 Å². The van der Waals surface area contributed by atoms with Crippen LogP contribution in [0.5, 0.6) is 0 Å². The Labute approximate surface area is 415 Å². The van der Waals surface area contributed by atoms with E-state index in [2.05, 4.69) is 38.2 Å². The SMILES string of the molecule is CCCCCCCCC/C=C\CCCCCC(=O)OC(/C=C/CCCCCCCCCCC)C(COP(=O)(O)OCC[N+](C)(C)C)NC(=O)CCCCCCCCCCCCCCCCCC. The summed E-state index contributed by atoms with van der Waals surface area (Å²) in [6, 6.07) is -0.846. The molecule has 0 aliphatic carbocycles. The fourth-order valence-corrected chi connectivity index (χ4v) is 9.14. The second kappa shape index (κ2) is 48.1. The first-order chi connectivity index (χ1) is 32.4. The Morgan fingerprint density at radius 1 is 0.507 bits per heavy atom. The fraction of sp³-hybridized carbons (Fsp3) is 0.895. The molecular weight excluding hydrogens is 856 g/mol. The van der Waals surface area contributed by atoms with Crippen molar-refractivity contribution in [3.8, 4) is 0 Å². The van der Waals surface area contributed by atoms with E-state index in [1.165, 1.54) is 173 Å². The van der Waals surface area contributed by atoms with E-state index in [1.54, 1.807) is 0 Å². The average molecular weight is 969 g/mol. The number of amides is 1. The standard InChI is InChI=1S/C57H111N2O7P/c1-7-10-13-16-19-22-25-27-29-30-31-34-37-40-43-46-49-56(60)58-54(53-65-67(62,63)64-52-51-59(4,5)6)55(48-45-42-39-36-33-24-21-18-15-12-9-3)66-57(61)50-47-44-41-38-35-32-28-26-23-20-17-14-11-8-2/h32,35,45,48,54-55H,7-31,33-34,36-44,46-47,49-53H2,1-6H3,(H-,58,60,62,63)/p+1/b35-32-,48-45+. The Morgan fingerprint density at radius 3 is 1.28 bits per heavy atom. The number of allylic oxidation sites excluding steroid dienone is 3. The monoisotopic (exact) mass is 968 g/mol. The van der Waals surface area contributed by atoms with Gasteiger partial charge in [-0.3, -0.25) is 18.6 Å². The zero-order chi connectivity index (χ0) is 49.4. The van der Waals surface area contributed by atoms with Gasteiger partial charge in [0.05, 0.1) is 33.8 Å². The zero-order valence-corrected chi connectivity index (χ0v) is 46.1. The van der Waals surface area contributed by atoms with Crippen LogP contribution in [-0.2, 0) is 27.9 Å². The van der Waals surface area contributed by atoms with Crippen LogP contribution in [-0.4, -0.2) is 74.3 Å². The minimum atomic E-state index is -4.44. The smallest absolute Gasteiger partial charge is 0.456 e. The number of nitrogens with zero attached hydrogens (tertiary/aromatic N) is 1. The summed E-state index contributed by atoms with van der Waals surface area (Å²) in [5.41, 5.74) is 0. The van der Waals surface area contributed by atoms with Crippen molar-refractivity contribution in [3.05, 3.63) is 24.3 Å². The molecule has 3 atom stereocenters. The molecule has 0 radical (unpaired) electrons. The van der Waals surface area contributed by atoms with E-state index in [4.69, 9.17) is 13.8 Å². The van der Waals surface area contributed by atoms with Crippen molar-refractivity contribution in [1.82, 2.24) is 5.32 Å². The third kappa shape index (κ3) is 49.3. The molecule has 0 aromatic carbocycles. The van der Waals surface area contributed by atoms with E-state index in [9.17, 15) is 19.0 Å². The first-order valence-electron chi connectivity index (χ1n) is 28.7. The maximum absolute atomic E-state index is 13.5. The number of esters is 1. The highest BCUT2D eigenvalue weighted by atomic mass is 31.2. The second-order valence-corrected chi connectivity index (χ2v) is 22.3. The Morgan fingerprint density at radius 2 is 0.866 bits per heavy atom. The number of rotatable bonds is 52. The molecule has 0 saturated carbocycles. The third-order valence-electron chi connectivity index (χ3n) is 12.9. The van der Waals surface area contributed by atoms with Crippen molar-refractivity contribution < 1.29 is 37.3 Å². The van der Waals surface area contributed by atoms with Crippen LogP contribution in [0.4, 0.5) is 0 Å². The van der Waals surface area contributed by atoms with Gasteiger partial charge in [0.15, 0.2) is 0 Å². The number of hydrogen-bond acceptors (Lipinski definition) is 6. The van der Waals surface area contributed by atoms with Crippen molar-refractivity contribution in [1.29, 1.82) is 0 Å². The Balaban J connectivity index is 5.32. The van der Waals surface area contributed by atoms with Gasteiger partial charge in [0.1, 0.15) is 19.3 Å². The van der Waals surface area contributed by atoms with Crippen molar-refractivity contribution in [3.63, 3.8) is 0 Å². The van der Waals surface area contributed by atoms with E-state index in [0.29, 0.717) is 17.4 Å². The molecule has 0 aliphatic rings. The minimum absolute atomic E-state index is 0.0413. The summed E-state index contributed by atoms with van der Waals surface area (Å²) in [6.07, 6.45) is 54.5. The maximum Gasteiger partial charge on any atom is 0.472 e. The van der Waals surface area contributed by atoms with E-state index < -0.39 is 20.0 Å². The van der Waals surface area contributed by atoms with Crippen LogP contribution in [0.15, 0.2) is 24.3 Å². The highest BCUT2D eigenvalue weighted by molar-refractivity contribution is 7.47. The number of likely N-dealkylation sites (N-methyl/N-ethyl adjacent to an activating group) is 1. The lowest BCUT2D eigenvalue weighted by atomic mass is 10.0. The van der Waals surface area contributed by atoms with Gasteiger partial charge in [-0.05, 0) is 57.4 Å². The van der Waals surface area contributed by atoms with Gasteiger partial charge in [0, 0.05) is 12.8 Å². The summed E-state index contributed by atoms with van der Waals surface area (Å²) in [4.78, 5) is 37.5. The van der Waals surface area contributed by atoms with Gasteiger partial charge in [-0.2, -0.15) is 0 Å². The molecule has 0 saturated heterocycles. The quantitative estimate of drug-likeness (QED) is 0.0205. The number of nitrogens with one attached hydrogen (secondary N) is 1. The van der Waals surface area contributed by atoms with Crippen LogP contribution in [0.25, 0.3) is 0 Å². The Bertz CT molecular complexity index is 1210. The van der Waals surface area contributed by atoms with Gasteiger partial charge >= 0.3 is 13.8 Å². The predicted octanol–water partition coefficient (Wildman–Crippen LogP) is 17.0. The molecule has 0 aliphatic heterocycles. The van der Waals surface area contributed by atoms with E-state index in [-0.39, 0.29) is 31.5 Å². The number of ether oxygens (including phenoxy) is 1. The van der Waals surface area contributed by atoms with Crippen molar-refractivity contribution in [2.24, 2.45) is 0 Å². The minimum Gasteiger partial charge on any atom is -0.456 e. The zero-order valence-electron chi connectivity index (χ0n) is 45.2. The van der Waals surface area contributed by atoms with Crippen molar-refractivity contribution in [2.75, 3.05) is 40.9 Å². The molecule has 9 nitrogen and oxygen atoms in total. The highest BCUT2D eigenvalue weighted by Gasteiger charge is 2.30. The second-order valence-electron chi connectivity index (χ2n) is 20.8. The van der Waals surface area contributed by atoms with Gasteiger partial charge in [-0.15, -0.1) is 0 Å². The maximum atomic E-state index is 13.5. The van der Waals surface area contributed by atoms with Gasteiger partial charge in [-0.25, -0.2) is 4.57 Å². The van der Waals surface area contributed by atoms with Gasteiger partial charge in [0.2, 0.25) is 5.91 Å². The average Bonchev–Trinajstić information content (AvgIpc) is 3.28. The topological polar surface area (TPSA) is 111 Å². The third-order valence-corrected chi connectivity index (χ3v) is 13.9. The molecule has 0 bridgehead atoms. The number of unbranched alkanes of at least 4 members (excludes halogenated alkanes) is 34. The summed E-state index contributed by atoms with van der Waals surface area (Å²) in [5, 5.41) is 3.05.